The molecule has 0 rings (SSSR count). The van der Waals surface area contributed by atoms with Crippen LogP contribution in [0.15, 0.2) is 0 Å². The molecule has 22 heavy (non-hydrogen) atoms. The van der Waals surface area contributed by atoms with Crippen LogP contribution in [0.2, 0.25) is 0 Å². The summed E-state index contributed by atoms with van der Waals surface area (Å²) < 4.78 is 28.5. The molecular formula is C12H22Na2O7S. The molecule has 1 atom stereocenters. The molecule has 0 spiro atoms. The fraction of sp³-hybridized carbons (Fsp3) is 0.833. The Morgan fingerprint density at radius 3 is 1.50 bits per heavy atom. The molecule has 0 fully saturated rings. The van der Waals surface area contributed by atoms with Crippen LogP contribution in [-0.4, -0.2) is 30.2 Å². The van der Waals surface area contributed by atoms with E-state index in [1.165, 1.54) is 6.42 Å². The molecule has 7 nitrogen and oxygen atoms in total. The van der Waals surface area contributed by atoms with Crippen molar-refractivity contribution in [1.82, 2.24) is 0 Å². The van der Waals surface area contributed by atoms with Crippen LogP contribution in [0.3, 0.4) is 0 Å². The smallest absolute Gasteiger partial charge is 0.550 e. The van der Waals surface area contributed by atoms with Gasteiger partial charge >= 0.3 is 59.1 Å². The third-order valence-corrected chi connectivity index (χ3v) is 3.07. The van der Waals surface area contributed by atoms with Gasteiger partial charge in [-0.25, -0.2) is 0 Å². The van der Waals surface area contributed by atoms with Crippen LogP contribution in [0.1, 0.15) is 47.5 Å². The second kappa shape index (κ2) is 13.2. The Morgan fingerprint density at radius 2 is 1.45 bits per heavy atom. The summed E-state index contributed by atoms with van der Waals surface area (Å²) in [6, 6.07) is 0. The number of carbonyl (C=O) groups is 2. The maximum absolute atomic E-state index is 10.2. The van der Waals surface area contributed by atoms with Gasteiger partial charge in [0.05, 0.1) is 5.97 Å². The average Bonchev–Trinajstić information content (AvgIpc) is 2.08. The number of hydrogen-bond donors (Lipinski definition) is 1. The molecule has 0 heterocycles. The van der Waals surface area contributed by atoms with Gasteiger partial charge in [0.1, 0.15) is 5.25 Å². The molecule has 0 aromatic heterocycles. The molecular weight excluding hydrogens is 334 g/mol. The SMILES string of the molecule is CC(C)CC(C)(C)C.O=C([O-])CC(C(=O)[O-])S(=O)(=O)O.[Na+].[Na+]. The summed E-state index contributed by atoms with van der Waals surface area (Å²) in [6.07, 6.45) is -0.00579. The first kappa shape index (κ1) is 30.7. The molecule has 0 saturated carbocycles. The van der Waals surface area contributed by atoms with Crippen LogP contribution in [0.4, 0.5) is 0 Å². The number of aliphatic carboxylic acids is 2. The maximum Gasteiger partial charge on any atom is 1.00 e. The largest absolute Gasteiger partial charge is 1.00 e. The minimum Gasteiger partial charge on any atom is -0.550 e. The van der Waals surface area contributed by atoms with Crippen molar-refractivity contribution in [2.45, 2.75) is 52.7 Å². The normalized spacial score (nSPS) is 12.1. The number of carboxylic acids is 2. The van der Waals surface area contributed by atoms with Gasteiger partial charge in [-0.05, 0) is 17.8 Å². The van der Waals surface area contributed by atoms with Gasteiger partial charge in [0, 0.05) is 12.4 Å². The molecule has 0 bridgehead atoms. The predicted octanol–water partition coefficient (Wildman–Crippen LogP) is -6.78. The average molecular weight is 356 g/mol. The predicted molar refractivity (Wildman–Crippen MR) is 68.9 cm³/mol. The fourth-order valence-electron chi connectivity index (χ4n) is 1.69. The van der Waals surface area contributed by atoms with E-state index < -0.39 is 33.7 Å². The molecule has 1 N–H and O–H groups in total. The number of carbonyl (C=O) groups excluding carboxylic acids is 2. The quantitative estimate of drug-likeness (QED) is 0.382. The summed E-state index contributed by atoms with van der Waals surface area (Å²) in [6.45, 7) is 11.4. The minimum atomic E-state index is -4.94. The molecule has 10 heteroatoms. The van der Waals surface area contributed by atoms with Gasteiger partial charge in [0.2, 0.25) is 0 Å². The van der Waals surface area contributed by atoms with Gasteiger partial charge < -0.3 is 19.8 Å². The first-order valence-electron chi connectivity index (χ1n) is 6.04. The zero-order chi connectivity index (χ0) is 16.7. The number of rotatable bonds is 5. The van der Waals surface area contributed by atoms with Crippen molar-refractivity contribution in [3.05, 3.63) is 0 Å². The van der Waals surface area contributed by atoms with E-state index in [9.17, 15) is 28.2 Å². The molecule has 0 aromatic carbocycles. The zero-order valence-electron chi connectivity index (χ0n) is 14.4. The third-order valence-electron chi connectivity index (χ3n) is 2.00. The second-order valence-corrected chi connectivity index (χ2v) is 7.66. The van der Waals surface area contributed by atoms with E-state index in [1.807, 2.05) is 0 Å². The van der Waals surface area contributed by atoms with Gasteiger partial charge in [-0.15, -0.1) is 0 Å². The Kier molecular flexibility index (Phi) is 18.4. The van der Waals surface area contributed by atoms with Crippen LogP contribution in [0.25, 0.3) is 0 Å². The van der Waals surface area contributed by atoms with Crippen molar-refractivity contribution in [3.8, 4) is 0 Å². The first-order chi connectivity index (χ1) is 8.66. The van der Waals surface area contributed by atoms with Gasteiger partial charge in [-0.3, -0.25) is 4.55 Å². The van der Waals surface area contributed by atoms with E-state index in [2.05, 4.69) is 34.6 Å². The molecule has 0 amide bonds. The Hall–Kier alpha value is 0.850. The van der Waals surface area contributed by atoms with Crippen LogP contribution in [0.5, 0.6) is 0 Å². The third kappa shape index (κ3) is 20.9. The van der Waals surface area contributed by atoms with E-state index in [0.29, 0.717) is 5.41 Å². The minimum absolute atomic E-state index is 0. The fourth-order valence-corrected chi connectivity index (χ4v) is 2.28. The molecule has 0 radical (unpaired) electrons. The molecule has 0 saturated heterocycles. The topological polar surface area (TPSA) is 135 Å². The van der Waals surface area contributed by atoms with Crippen molar-refractivity contribution in [1.29, 1.82) is 0 Å². The Morgan fingerprint density at radius 1 is 1.09 bits per heavy atom. The Bertz CT molecular complexity index is 427. The van der Waals surface area contributed by atoms with Crippen molar-refractivity contribution < 1.29 is 91.9 Å². The number of carboxylic acid groups (broad SMARTS) is 2. The van der Waals surface area contributed by atoms with E-state index >= 15 is 0 Å². The van der Waals surface area contributed by atoms with Crippen LogP contribution in [-0.2, 0) is 19.7 Å². The van der Waals surface area contributed by atoms with Gasteiger partial charge in [-0.2, -0.15) is 8.42 Å². The summed E-state index contributed by atoms with van der Waals surface area (Å²) in [7, 11) is -4.94. The molecule has 0 aliphatic heterocycles. The standard InChI is InChI=1S/C8H18.C4H6O7S.2Na/c1-7(2)6-8(3,4)5;5-3(6)1-2(4(7)8)12(9,10)11;;/h7H,6H2,1-5H3;2H,1H2,(H,5,6)(H,7,8)(H,9,10,11);;/q;;2*+1/p-2. The van der Waals surface area contributed by atoms with Crippen molar-refractivity contribution in [2.24, 2.45) is 11.3 Å². The zero-order valence-corrected chi connectivity index (χ0v) is 19.2. The Balaban J connectivity index is -0.000000144. The van der Waals surface area contributed by atoms with E-state index in [1.54, 1.807) is 0 Å². The molecule has 1 unspecified atom stereocenters. The van der Waals surface area contributed by atoms with Crippen LogP contribution < -0.4 is 69.3 Å². The van der Waals surface area contributed by atoms with Gasteiger partial charge in [-0.1, -0.05) is 34.6 Å². The first-order valence-corrected chi connectivity index (χ1v) is 7.54. The number of hydrogen-bond acceptors (Lipinski definition) is 6. The van der Waals surface area contributed by atoms with Crippen molar-refractivity contribution >= 4 is 22.1 Å². The monoisotopic (exact) mass is 356 g/mol. The van der Waals surface area contributed by atoms with E-state index in [4.69, 9.17) is 4.55 Å². The van der Waals surface area contributed by atoms with E-state index in [-0.39, 0.29) is 59.1 Å². The van der Waals surface area contributed by atoms with Gasteiger partial charge in [0.25, 0.3) is 10.1 Å². The van der Waals surface area contributed by atoms with Crippen LogP contribution >= 0.6 is 0 Å². The Labute approximate surface area is 176 Å². The maximum atomic E-state index is 10.2. The van der Waals surface area contributed by atoms with Crippen molar-refractivity contribution in [2.75, 3.05) is 0 Å². The molecule has 0 aliphatic carbocycles. The molecule has 0 aromatic rings. The summed E-state index contributed by atoms with van der Waals surface area (Å²) >= 11 is 0. The summed E-state index contributed by atoms with van der Waals surface area (Å²) in [5.41, 5.74) is 0.522. The van der Waals surface area contributed by atoms with Crippen molar-refractivity contribution in [3.63, 3.8) is 0 Å². The summed E-state index contributed by atoms with van der Waals surface area (Å²) in [5.74, 6) is -3.24. The molecule has 120 valence electrons. The molecule has 0 aliphatic rings. The van der Waals surface area contributed by atoms with Crippen LogP contribution in [0, 0.1) is 11.3 Å². The van der Waals surface area contributed by atoms with Gasteiger partial charge in [0.15, 0.2) is 0 Å². The summed E-state index contributed by atoms with van der Waals surface area (Å²) in [4.78, 5) is 19.7. The van der Waals surface area contributed by atoms with E-state index in [0.717, 1.165) is 5.92 Å². The second-order valence-electron chi connectivity index (χ2n) is 6.06. The summed E-state index contributed by atoms with van der Waals surface area (Å²) in [5, 5.41) is 17.3.